The molecule has 0 spiro atoms. The predicted molar refractivity (Wildman–Crippen MR) is 81.1 cm³/mol. The number of nitrogens with zero attached hydrogens (tertiary/aromatic N) is 1. The van der Waals surface area contributed by atoms with E-state index >= 15 is 0 Å². The van der Waals surface area contributed by atoms with E-state index in [4.69, 9.17) is 9.47 Å². The average Bonchev–Trinajstić information content (AvgIpc) is 3.36. The fourth-order valence-corrected chi connectivity index (χ4v) is 2.48. The van der Waals surface area contributed by atoms with Crippen LogP contribution in [0.25, 0.3) is 6.08 Å². The summed E-state index contributed by atoms with van der Waals surface area (Å²) < 4.78 is 10.9. The van der Waals surface area contributed by atoms with Gasteiger partial charge in [-0.25, -0.2) is 0 Å². The third kappa shape index (κ3) is 4.08. The second kappa shape index (κ2) is 6.76. The molecule has 1 aromatic rings. The first-order valence-corrected chi connectivity index (χ1v) is 7.63. The first-order chi connectivity index (χ1) is 10.3. The molecule has 2 aliphatic rings. The Bertz CT molecular complexity index is 517. The van der Waals surface area contributed by atoms with Gasteiger partial charge in [0.15, 0.2) is 0 Å². The van der Waals surface area contributed by atoms with E-state index in [1.807, 2.05) is 35.2 Å². The van der Waals surface area contributed by atoms with Crippen LogP contribution in [0.3, 0.4) is 0 Å². The Hall–Kier alpha value is -1.81. The normalized spacial score (nSPS) is 21.5. The highest BCUT2D eigenvalue weighted by molar-refractivity contribution is 5.92. The molecule has 0 saturated carbocycles. The van der Waals surface area contributed by atoms with Crippen molar-refractivity contribution in [2.24, 2.45) is 0 Å². The van der Waals surface area contributed by atoms with E-state index in [0.717, 1.165) is 43.9 Å². The van der Waals surface area contributed by atoms with Crippen LogP contribution in [-0.4, -0.2) is 43.2 Å². The molecule has 2 saturated heterocycles. The number of hydrogen-bond donors (Lipinski definition) is 0. The van der Waals surface area contributed by atoms with Gasteiger partial charge in [0.1, 0.15) is 18.5 Å². The average molecular weight is 287 g/mol. The second-order valence-electron chi connectivity index (χ2n) is 5.52. The topological polar surface area (TPSA) is 42.1 Å². The molecule has 0 bridgehead atoms. The lowest BCUT2D eigenvalue weighted by Crippen LogP contribution is -2.34. The maximum atomic E-state index is 12.1. The van der Waals surface area contributed by atoms with E-state index in [2.05, 4.69) is 0 Å². The Morgan fingerprint density at radius 3 is 2.81 bits per heavy atom. The lowest BCUT2D eigenvalue weighted by atomic mass is 10.1. The van der Waals surface area contributed by atoms with Crippen molar-refractivity contribution in [1.82, 2.24) is 4.90 Å². The molecular weight excluding hydrogens is 266 g/mol. The Morgan fingerprint density at radius 2 is 2.05 bits per heavy atom. The molecule has 4 nitrogen and oxygen atoms in total. The number of carbonyl (C=O) groups is 1. The lowest BCUT2D eigenvalue weighted by Gasteiger charge is -2.25. The Balaban J connectivity index is 1.62. The van der Waals surface area contributed by atoms with Crippen LogP contribution < -0.4 is 4.74 Å². The molecule has 0 radical (unpaired) electrons. The molecule has 0 N–H and O–H groups in total. The van der Waals surface area contributed by atoms with Gasteiger partial charge in [-0.2, -0.15) is 0 Å². The Labute approximate surface area is 125 Å². The van der Waals surface area contributed by atoms with Crippen molar-refractivity contribution < 1.29 is 14.3 Å². The predicted octanol–water partition coefficient (Wildman–Crippen LogP) is 2.49. The van der Waals surface area contributed by atoms with E-state index in [-0.39, 0.29) is 12.0 Å². The molecule has 21 heavy (non-hydrogen) atoms. The molecule has 3 rings (SSSR count). The van der Waals surface area contributed by atoms with Gasteiger partial charge in [-0.1, -0.05) is 18.2 Å². The maximum absolute atomic E-state index is 12.1. The summed E-state index contributed by atoms with van der Waals surface area (Å²) in [6, 6.07) is 7.77. The van der Waals surface area contributed by atoms with Gasteiger partial charge in [0.2, 0.25) is 5.91 Å². The third-order valence-electron chi connectivity index (χ3n) is 3.82. The van der Waals surface area contributed by atoms with Gasteiger partial charge in [-0.15, -0.1) is 0 Å². The van der Waals surface area contributed by atoms with Gasteiger partial charge in [0, 0.05) is 24.7 Å². The molecule has 4 heteroatoms. The summed E-state index contributed by atoms with van der Waals surface area (Å²) in [4.78, 5) is 14.1. The fraction of sp³-hybridized carbons (Fsp3) is 0.471. The van der Waals surface area contributed by atoms with E-state index in [1.54, 1.807) is 6.08 Å². The van der Waals surface area contributed by atoms with Crippen molar-refractivity contribution in [2.45, 2.75) is 25.4 Å². The summed E-state index contributed by atoms with van der Waals surface area (Å²) in [6.45, 7) is 3.11. The van der Waals surface area contributed by atoms with Gasteiger partial charge in [0.05, 0.1) is 6.61 Å². The smallest absolute Gasteiger partial charge is 0.246 e. The molecular formula is C17H21NO3. The SMILES string of the molecule is O=C(/C=C/c1ccccc1OCC1CO1)N1CCCCC1. The van der Waals surface area contributed by atoms with Gasteiger partial charge >= 0.3 is 0 Å². The minimum atomic E-state index is 0.0926. The third-order valence-corrected chi connectivity index (χ3v) is 3.82. The number of epoxide rings is 1. The maximum Gasteiger partial charge on any atom is 0.246 e. The van der Waals surface area contributed by atoms with Crippen molar-refractivity contribution in [1.29, 1.82) is 0 Å². The summed E-state index contributed by atoms with van der Waals surface area (Å²) in [5.74, 6) is 0.894. The molecule has 2 fully saturated rings. The Kier molecular flexibility index (Phi) is 4.55. The van der Waals surface area contributed by atoms with Crippen LogP contribution in [0, 0.1) is 0 Å². The van der Waals surface area contributed by atoms with E-state index in [1.165, 1.54) is 6.42 Å². The highest BCUT2D eigenvalue weighted by Crippen LogP contribution is 2.21. The number of benzene rings is 1. The minimum Gasteiger partial charge on any atom is -0.490 e. The summed E-state index contributed by atoms with van der Waals surface area (Å²) in [5, 5.41) is 0. The molecule has 1 unspecified atom stereocenters. The zero-order chi connectivity index (χ0) is 14.5. The van der Waals surface area contributed by atoms with Crippen LogP contribution in [0.5, 0.6) is 5.75 Å². The summed E-state index contributed by atoms with van der Waals surface area (Å²) in [5.41, 5.74) is 0.934. The van der Waals surface area contributed by atoms with Crippen LogP contribution >= 0.6 is 0 Å². The van der Waals surface area contributed by atoms with Crippen molar-refractivity contribution in [2.75, 3.05) is 26.3 Å². The number of carbonyl (C=O) groups excluding carboxylic acids is 1. The highest BCUT2D eigenvalue weighted by atomic mass is 16.6. The highest BCUT2D eigenvalue weighted by Gasteiger charge is 2.23. The monoisotopic (exact) mass is 287 g/mol. The summed E-state index contributed by atoms with van der Waals surface area (Å²) in [6.07, 6.45) is 7.19. The van der Waals surface area contributed by atoms with Gasteiger partial charge < -0.3 is 14.4 Å². The number of para-hydroxylation sites is 1. The molecule has 112 valence electrons. The number of piperidine rings is 1. The molecule has 0 aliphatic carbocycles. The first-order valence-electron chi connectivity index (χ1n) is 7.63. The number of likely N-dealkylation sites (tertiary alicyclic amines) is 1. The van der Waals surface area contributed by atoms with Crippen LogP contribution in [0.2, 0.25) is 0 Å². The summed E-state index contributed by atoms with van der Waals surface area (Å²) >= 11 is 0. The zero-order valence-corrected chi connectivity index (χ0v) is 12.2. The van der Waals surface area contributed by atoms with Crippen LogP contribution in [0.1, 0.15) is 24.8 Å². The fourth-order valence-electron chi connectivity index (χ4n) is 2.48. The van der Waals surface area contributed by atoms with E-state index < -0.39 is 0 Å². The van der Waals surface area contributed by atoms with E-state index in [0.29, 0.717) is 6.61 Å². The number of rotatable bonds is 5. The van der Waals surface area contributed by atoms with Crippen molar-refractivity contribution >= 4 is 12.0 Å². The number of amides is 1. The van der Waals surface area contributed by atoms with Crippen molar-refractivity contribution in [3.8, 4) is 5.75 Å². The molecule has 1 amide bonds. The molecule has 2 aliphatic heterocycles. The lowest BCUT2D eigenvalue weighted by molar-refractivity contribution is -0.126. The quantitative estimate of drug-likeness (QED) is 0.617. The first kappa shape index (κ1) is 14.1. The largest absolute Gasteiger partial charge is 0.490 e. The van der Waals surface area contributed by atoms with Crippen LogP contribution in [-0.2, 0) is 9.53 Å². The van der Waals surface area contributed by atoms with E-state index in [9.17, 15) is 4.79 Å². The van der Waals surface area contributed by atoms with Crippen molar-refractivity contribution in [3.05, 3.63) is 35.9 Å². The van der Waals surface area contributed by atoms with Gasteiger partial charge in [-0.05, 0) is 31.4 Å². The van der Waals surface area contributed by atoms with Gasteiger partial charge in [-0.3, -0.25) is 4.79 Å². The van der Waals surface area contributed by atoms with Crippen LogP contribution in [0.4, 0.5) is 0 Å². The molecule has 1 atom stereocenters. The van der Waals surface area contributed by atoms with Crippen LogP contribution in [0.15, 0.2) is 30.3 Å². The zero-order valence-electron chi connectivity index (χ0n) is 12.2. The molecule has 1 aromatic carbocycles. The Morgan fingerprint density at radius 1 is 1.29 bits per heavy atom. The standard InChI is InChI=1S/C17H21NO3/c19-17(18-10-4-1-5-11-18)9-8-14-6-2-3-7-16(14)21-13-15-12-20-15/h2-3,6-9,15H,1,4-5,10-13H2/b9-8+. The van der Waals surface area contributed by atoms with Gasteiger partial charge in [0.25, 0.3) is 0 Å². The number of ether oxygens (including phenoxy) is 2. The number of hydrogen-bond acceptors (Lipinski definition) is 3. The minimum absolute atomic E-state index is 0.0926. The molecule has 2 heterocycles. The van der Waals surface area contributed by atoms with Crippen molar-refractivity contribution in [3.63, 3.8) is 0 Å². The summed E-state index contributed by atoms with van der Waals surface area (Å²) in [7, 11) is 0. The second-order valence-corrected chi connectivity index (χ2v) is 5.52. The molecule has 0 aromatic heterocycles.